The smallest absolute Gasteiger partial charge is 0.416 e. The molecule has 0 radical (unpaired) electrons. The molecule has 0 saturated heterocycles. The molecule has 0 bridgehead atoms. The second-order valence-electron chi connectivity index (χ2n) is 3.03. The zero-order chi connectivity index (χ0) is 12.3. The van der Waals surface area contributed by atoms with Crippen LogP contribution in [0.1, 0.15) is 24.2 Å². The third-order valence-electron chi connectivity index (χ3n) is 1.93. The normalized spacial score (nSPS) is 15.8. The van der Waals surface area contributed by atoms with Gasteiger partial charge < -0.3 is 4.55 Å². The van der Waals surface area contributed by atoms with E-state index in [0.717, 1.165) is 6.07 Å². The summed E-state index contributed by atoms with van der Waals surface area (Å²) in [5.74, 6) is 0. The Morgan fingerprint density at radius 3 is 2.44 bits per heavy atom. The lowest BCUT2D eigenvalue weighted by atomic mass is 10.0. The fourth-order valence-corrected chi connectivity index (χ4v) is 1.62. The van der Waals surface area contributed by atoms with E-state index >= 15 is 0 Å². The maximum absolute atomic E-state index is 12.5. The van der Waals surface area contributed by atoms with Crippen LogP contribution in [-0.4, -0.2) is 8.76 Å². The summed E-state index contributed by atoms with van der Waals surface area (Å²) in [7, 11) is 0. The fourth-order valence-electron chi connectivity index (χ4n) is 1.28. The molecule has 0 fully saturated rings. The first-order valence-electron chi connectivity index (χ1n) is 4.25. The van der Waals surface area contributed by atoms with Crippen LogP contribution >= 0.6 is 0 Å². The van der Waals surface area contributed by atoms with Gasteiger partial charge in [0.2, 0.25) is 0 Å². The van der Waals surface area contributed by atoms with Crippen molar-refractivity contribution in [1.82, 2.24) is 0 Å². The summed E-state index contributed by atoms with van der Waals surface area (Å²) in [5, 5.41) is 0. The van der Waals surface area contributed by atoms with Crippen LogP contribution in [0.4, 0.5) is 13.2 Å². The van der Waals surface area contributed by atoms with E-state index in [1.165, 1.54) is 25.1 Å². The highest BCUT2D eigenvalue weighted by atomic mass is 32.2. The largest absolute Gasteiger partial charge is 0.750 e. The van der Waals surface area contributed by atoms with Gasteiger partial charge in [-0.2, -0.15) is 13.2 Å². The van der Waals surface area contributed by atoms with E-state index in [-0.39, 0.29) is 5.56 Å². The monoisotopic (exact) mass is 253 g/mol. The van der Waals surface area contributed by atoms with Crippen LogP contribution in [0.2, 0.25) is 0 Å². The number of rotatable bonds is 3. The molecule has 0 spiro atoms. The topological polar surface area (TPSA) is 49.4 Å². The van der Waals surface area contributed by atoms with Crippen LogP contribution in [-0.2, 0) is 21.7 Å². The van der Waals surface area contributed by atoms with Gasteiger partial charge in [-0.3, -0.25) is 4.18 Å². The van der Waals surface area contributed by atoms with Crippen molar-refractivity contribution < 1.29 is 26.1 Å². The van der Waals surface area contributed by atoms with Crippen molar-refractivity contribution in [3.05, 3.63) is 35.4 Å². The molecule has 1 aromatic rings. The van der Waals surface area contributed by atoms with Gasteiger partial charge in [0.1, 0.15) is 0 Å². The molecule has 1 aromatic carbocycles. The van der Waals surface area contributed by atoms with E-state index < -0.39 is 29.2 Å². The Morgan fingerprint density at radius 1 is 1.38 bits per heavy atom. The van der Waals surface area contributed by atoms with Gasteiger partial charge in [0.25, 0.3) is 0 Å². The third-order valence-corrected chi connectivity index (χ3v) is 2.37. The molecule has 0 aliphatic rings. The highest BCUT2D eigenvalue weighted by molar-refractivity contribution is 7.74. The van der Waals surface area contributed by atoms with Crippen molar-refractivity contribution in [1.29, 1.82) is 0 Å². The lowest BCUT2D eigenvalue weighted by Gasteiger charge is -2.19. The Hall–Kier alpha value is -0.920. The van der Waals surface area contributed by atoms with E-state index in [0.29, 0.717) is 0 Å². The van der Waals surface area contributed by atoms with Crippen LogP contribution in [0.3, 0.4) is 0 Å². The Morgan fingerprint density at radius 2 is 1.94 bits per heavy atom. The zero-order valence-corrected chi connectivity index (χ0v) is 8.97. The lowest BCUT2D eigenvalue weighted by molar-refractivity contribution is -0.138. The van der Waals surface area contributed by atoms with Crippen molar-refractivity contribution >= 4 is 11.4 Å². The van der Waals surface area contributed by atoms with Crippen molar-refractivity contribution in [2.75, 3.05) is 0 Å². The van der Waals surface area contributed by atoms with E-state index in [4.69, 9.17) is 0 Å². The predicted octanol–water partition coefficient (Wildman–Crippen LogP) is 2.58. The van der Waals surface area contributed by atoms with Gasteiger partial charge in [0.15, 0.2) is 0 Å². The minimum absolute atomic E-state index is 0.209. The van der Waals surface area contributed by atoms with Gasteiger partial charge >= 0.3 is 6.18 Å². The van der Waals surface area contributed by atoms with Gasteiger partial charge in [-0.05, 0) is 18.6 Å². The molecule has 0 aromatic heterocycles. The lowest BCUT2D eigenvalue weighted by Crippen LogP contribution is -2.12. The third kappa shape index (κ3) is 3.29. The van der Waals surface area contributed by atoms with Gasteiger partial charge in [0, 0.05) is 0 Å². The molecule has 3 nitrogen and oxygen atoms in total. The molecule has 0 N–H and O–H groups in total. The number of hydrogen-bond donors (Lipinski definition) is 0. The Labute approximate surface area is 92.7 Å². The molecular weight excluding hydrogens is 245 g/mol. The van der Waals surface area contributed by atoms with Crippen LogP contribution in [0.15, 0.2) is 24.3 Å². The minimum atomic E-state index is -4.53. The van der Waals surface area contributed by atoms with Gasteiger partial charge in [-0.1, -0.05) is 18.2 Å². The summed E-state index contributed by atoms with van der Waals surface area (Å²) in [6, 6.07) is 4.68. The van der Waals surface area contributed by atoms with E-state index in [1.807, 2.05) is 0 Å². The van der Waals surface area contributed by atoms with E-state index in [1.54, 1.807) is 0 Å². The highest BCUT2D eigenvalue weighted by Crippen LogP contribution is 2.35. The number of halogens is 3. The molecule has 16 heavy (non-hydrogen) atoms. The van der Waals surface area contributed by atoms with Crippen molar-refractivity contribution in [2.24, 2.45) is 0 Å². The number of benzene rings is 1. The maximum atomic E-state index is 12.5. The summed E-state index contributed by atoms with van der Waals surface area (Å²) in [6.45, 7) is 1.24. The molecule has 2 unspecified atom stereocenters. The number of hydrogen-bond acceptors (Lipinski definition) is 3. The standard InChI is InChI=1S/C9H9F3O3S/c1-6(15-16(13)14)7-4-2-3-5-8(7)9(10,11)12/h2-6H,1H3,(H,13,14)/p-1. The summed E-state index contributed by atoms with van der Waals surface area (Å²) in [6.07, 6.45) is -5.70. The molecule has 2 atom stereocenters. The Kier molecular flexibility index (Phi) is 4.06. The van der Waals surface area contributed by atoms with Crippen molar-refractivity contribution in [3.8, 4) is 0 Å². The second-order valence-corrected chi connectivity index (χ2v) is 3.63. The first-order valence-corrected chi connectivity index (χ1v) is 5.25. The van der Waals surface area contributed by atoms with E-state index in [2.05, 4.69) is 4.18 Å². The molecule has 0 amide bonds. The van der Waals surface area contributed by atoms with Crippen LogP contribution in [0.25, 0.3) is 0 Å². The SMILES string of the molecule is CC(OS(=O)[O-])c1ccccc1C(F)(F)F. The summed E-state index contributed by atoms with van der Waals surface area (Å²) >= 11 is -2.85. The molecule has 7 heteroatoms. The van der Waals surface area contributed by atoms with Crippen LogP contribution < -0.4 is 0 Å². The van der Waals surface area contributed by atoms with Gasteiger partial charge in [0.05, 0.1) is 23.0 Å². The Balaban J connectivity index is 3.08. The number of alkyl halides is 3. The zero-order valence-electron chi connectivity index (χ0n) is 8.15. The van der Waals surface area contributed by atoms with Crippen LogP contribution in [0.5, 0.6) is 0 Å². The van der Waals surface area contributed by atoms with Crippen LogP contribution in [0, 0.1) is 0 Å². The van der Waals surface area contributed by atoms with Crippen molar-refractivity contribution in [3.63, 3.8) is 0 Å². The van der Waals surface area contributed by atoms with Gasteiger partial charge in [-0.25, -0.2) is 4.21 Å². The fraction of sp³-hybridized carbons (Fsp3) is 0.333. The molecule has 0 heterocycles. The molecule has 1 rings (SSSR count). The van der Waals surface area contributed by atoms with Crippen molar-refractivity contribution in [2.45, 2.75) is 19.2 Å². The average molecular weight is 253 g/mol. The summed E-state index contributed by atoms with van der Waals surface area (Å²) in [4.78, 5) is 0. The second kappa shape index (κ2) is 4.94. The first-order chi connectivity index (χ1) is 7.32. The summed E-state index contributed by atoms with van der Waals surface area (Å²) in [5.41, 5.74) is -1.10. The molecule has 0 saturated carbocycles. The Bertz CT molecular complexity index is 392. The van der Waals surface area contributed by atoms with Gasteiger partial charge in [-0.15, -0.1) is 0 Å². The average Bonchev–Trinajstić information content (AvgIpc) is 2.15. The molecule has 0 aliphatic heterocycles. The molecular formula is C9H8F3O3S-. The predicted molar refractivity (Wildman–Crippen MR) is 49.9 cm³/mol. The van der Waals surface area contributed by atoms with E-state index in [9.17, 15) is 21.9 Å². The maximum Gasteiger partial charge on any atom is 0.416 e. The molecule has 90 valence electrons. The quantitative estimate of drug-likeness (QED) is 0.778. The summed E-state index contributed by atoms with van der Waals surface area (Å²) < 4.78 is 62.4. The molecule has 0 aliphatic carbocycles. The highest BCUT2D eigenvalue weighted by Gasteiger charge is 2.34. The first kappa shape index (κ1) is 13.1. The minimum Gasteiger partial charge on any atom is -0.750 e.